The zero-order valence-electron chi connectivity index (χ0n) is 19.1. The molecule has 1 aliphatic rings. The highest BCUT2D eigenvalue weighted by atomic mass is 16.3. The molecule has 0 amide bonds. The Bertz CT molecular complexity index is 1290. The van der Waals surface area contributed by atoms with E-state index in [1.807, 2.05) is 50.4 Å². The molecule has 168 valence electrons. The highest BCUT2D eigenvalue weighted by Gasteiger charge is 2.19. The summed E-state index contributed by atoms with van der Waals surface area (Å²) in [6.07, 6.45) is 1.88. The number of hydrogen-bond donors (Lipinski definition) is 2. The highest BCUT2D eigenvalue weighted by Crippen LogP contribution is 2.30. The molecule has 0 unspecified atom stereocenters. The molecular formula is C27H29N5O. The van der Waals surface area contributed by atoms with Crippen molar-refractivity contribution < 1.29 is 5.11 Å². The lowest BCUT2D eigenvalue weighted by molar-refractivity contribution is 0.249. The van der Waals surface area contributed by atoms with Crippen molar-refractivity contribution in [3.63, 3.8) is 0 Å². The first-order chi connectivity index (χ1) is 16.0. The number of aromatic hydroxyl groups is 1. The number of fused-ring (bicyclic) bond motifs is 1. The second-order valence-corrected chi connectivity index (χ2v) is 8.90. The van der Waals surface area contributed by atoms with E-state index >= 15 is 0 Å². The molecule has 6 heteroatoms. The maximum atomic E-state index is 10.1. The Kier molecular flexibility index (Phi) is 5.60. The molecule has 0 spiro atoms. The maximum absolute atomic E-state index is 10.1. The Morgan fingerprint density at radius 2 is 1.64 bits per heavy atom. The fraction of sp³-hybridized carbons (Fsp3) is 0.259. The first-order valence-electron chi connectivity index (χ1n) is 11.4. The van der Waals surface area contributed by atoms with Crippen LogP contribution in [-0.4, -0.2) is 46.2 Å². The van der Waals surface area contributed by atoms with Crippen molar-refractivity contribution >= 4 is 22.5 Å². The molecule has 5 rings (SSSR count). The zero-order chi connectivity index (χ0) is 22.9. The third-order valence-corrected chi connectivity index (χ3v) is 6.41. The van der Waals surface area contributed by atoms with Crippen molar-refractivity contribution in [1.29, 1.82) is 0 Å². The summed E-state index contributed by atoms with van der Waals surface area (Å²) in [5.74, 6) is 1.28. The molecule has 33 heavy (non-hydrogen) atoms. The lowest BCUT2D eigenvalue weighted by Crippen LogP contribution is -2.46. The van der Waals surface area contributed by atoms with E-state index in [1.165, 1.54) is 5.56 Å². The summed E-state index contributed by atoms with van der Waals surface area (Å²) in [5, 5.41) is 10.1. The first-order valence-corrected chi connectivity index (χ1v) is 11.4. The third-order valence-electron chi connectivity index (χ3n) is 6.41. The molecule has 3 aromatic carbocycles. The van der Waals surface area contributed by atoms with Gasteiger partial charge in [0, 0.05) is 38.4 Å². The molecule has 0 saturated carbocycles. The van der Waals surface area contributed by atoms with Crippen molar-refractivity contribution in [2.45, 2.75) is 20.4 Å². The van der Waals surface area contributed by atoms with Crippen LogP contribution >= 0.6 is 0 Å². The molecule has 1 saturated heterocycles. The van der Waals surface area contributed by atoms with Gasteiger partial charge in [-0.2, -0.15) is 0 Å². The van der Waals surface area contributed by atoms with Gasteiger partial charge in [-0.25, -0.2) is 4.98 Å². The van der Waals surface area contributed by atoms with Crippen molar-refractivity contribution in [2.75, 3.05) is 36.8 Å². The molecule has 0 radical (unpaired) electrons. The van der Waals surface area contributed by atoms with E-state index < -0.39 is 0 Å². The monoisotopic (exact) mass is 439 g/mol. The second kappa shape index (κ2) is 8.71. The van der Waals surface area contributed by atoms with Crippen molar-refractivity contribution in [3.8, 4) is 16.9 Å². The van der Waals surface area contributed by atoms with Gasteiger partial charge >= 0.3 is 0 Å². The number of aromatic nitrogens is 2. The largest absolute Gasteiger partial charge is 0.507 e. The number of nitrogens with two attached hydrogens (primary N) is 1. The van der Waals surface area contributed by atoms with Crippen molar-refractivity contribution in [1.82, 2.24) is 14.9 Å². The Morgan fingerprint density at radius 1 is 0.879 bits per heavy atom. The number of aryl methyl sites for hydroxylation is 2. The first kappa shape index (κ1) is 21.2. The minimum atomic E-state index is 0.358. The average molecular weight is 440 g/mol. The van der Waals surface area contributed by atoms with E-state index in [2.05, 4.69) is 39.0 Å². The van der Waals surface area contributed by atoms with Crippen LogP contribution in [0.25, 0.3) is 22.2 Å². The van der Waals surface area contributed by atoms with E-state index in [0.717, 1.165) is 77.5 Å². The molecular weight excluding hydrogens is 410 g/mol. The predicted molar refractivity (Wildman–Crippen MR) is 134 cm³/mol. The van der Waals surface area contributed by atoms with Crippen LogP contribution in [0.5, 0.6) is 5.75 Å². The topological polar surface area (TPSA) is 78.5 Å². The highest BCUT2D eigenvalue weighted by molar-refractivity contribution is 5.82. The molecule has 4 aromatic rings. The number of rotatable bonds is 4. The van der Waals surface area contributed by atoms with Gasteiger partial charge in [0.05, 0.1) is 17.2 Å². The molecule has 1 aromatic heterocycles. The van der Waals surface area contributed by atoms with Crippen LogP contribution in [0, 0.1) is 13.8 Å². The quantitative estimate of drug-likeness (QED) is 0.455. The number of nitrogen functional groups attached to an aromatic ring is 1. The Balaban J connectivity index is 1.33. The number of piperazine rings is 1. The van der Waals surface area contributed by atoms with Crippen LogP contribution in [0.3, 0.4) is 0 Å². The van der Waals surface area contributed by atoms with Gasteiger partial charge in [-0.05, 0) is 78.1 Å². The van der Waals surface area contributed by atoms with Gasteiger partial charge in [0.25, 0.3) is 0 Å². The van der Waals surface area contributed by atoms with Gasteiger partial charge in [-0.3, -0.25) is 9.88 Å². The molecule has 3 N–H and O–H groups in total. The van der Waals surface area contributed by atoms with Crippen LogP contribution in [-0.2, 0) is 6.54 Å². The van der Waals surface area contributed by atoms with E-state index in [0.29, 0.717) is 5.75 Å². The Hall–Kier alpha value is -3.64. The van der Waals surface area contributed by atoms with E-state index in [4.69, 9.17) is 10.7 Å². The lowest BCUT2D eigenvalue weighted by atomic mass is 9.99. The Labute approximate surface area is 194 Å². The summed E-state index contributed by atoms with van der Waals surface area (Å²) in [7, 11) is 0. The number of phenols is 1. The van der Waals surface area contributed by atoms with E-state index in [-0.39, 0.29) is 0 Å². The van der Waals surface area contributed by atoms with Crippen LogP contribution < -0.4 is 10.6 Å². The van der Waals surface area contributed by atoms with Crippen molar-refractivity contribution in [2.24, 2.45) is 0 Å². The number of benzene rings is 3. The standard InChI is InChI=1S/C27H29N5O/c1-18-12-22(13-19(2)27(18)33)21-6-7-24-25(15-21)30-26(16-29-24)32-10-8-31(9-11-32)17-20-4-3-5-23(28)14-20/h3-7,12-16,33H,8-11,17,28H2,1-2H3. The summed E-state index contributed by atoms with van der Waals surface area (Å²) < 4.78 is 0. The Morgan fingerprint density at radius 3 is 2.36 bits per heavy atom. The molecule has 1 fully saturated rings. The molecule has 0 aliphatic carbocycles. The van der Waals surface area contributed by atoms with Crippen molar-refractivity contribution in [3.05, 3.63) is 77.5 Å². The van der Waals surface area contributed by atoms with Crippen LogP contribution in [0.1, 0.15) is 16.7 Å². The average Bonchev–Trinajstić information content (AvgIpc) is 2.82. The number of phenolic OH excluding ortho intramolecular Hbond substituents is 1. The predicted octanol–water partition coefficient (Wildman–Crippen LogP) is 4.52. The van der Waals surface area contributed by atoms with Crippen LogP contribution in [0.4, 0.5) is 11.5 Å². The van der Waals surface area contributed by atoms with Gasteiger partial charge in [-0.15, -0.1) is 0 Å². The molecule has 2 heterocycles. The van der Waals surface area contributed by atoms with Gasteiger partial charge < -0.3 is 15.7 Å². The minimum absolute atomic E-state index is 0.358. The normalized spacial score (nSPS) is 14.7. The minimum Gasteiger partial charge on any atom is -0.507 e. The zero-order valence-corrected chi connectivity index (χ0v) is 19.1. The molecule has 1 aliphatic heterocycles. The molecule has 0 bridgehead atoms. The van der Waals surface area contributed by atoms with E-state index in [1.54, 1.807) is 0 Å². The third kappa shape index (κ3) is 4.47. The molecule has 6 nitrogen and oxygen atoms in total. The van der Waals surface area contributed by atoms with Gasteiger partial charge in [0.15, 0.2) is 0 Å². The maximum Gasteiger partial charge on any atom is 0.147 e. The van der Waals surface area contributed by atoms with Gasteiger partial charge in [-0.1, -0.05) is 18.2 Å². The summed E-state index contributed by atoms with van der Waals surface area (Å²) in [6, 6.07) is 18.3. The van der Waals surface area contributed by atoms with Gasteiger partial charge in [0.2, 0.25) is 0 Å². The number of nitrogens with zero attached hydrogens (tertiary/aromatic N) is 4. The SMILES string of the molecule is Cc1cc(-c2ccc3ncc(N4CCN(Cc5cccc(N)c5)CC4)nc3c2)cc(C)c1O. The number of hydrogen-bond acceptors (Lipinski definition) is 6. The lowest BCUT2D eigenvalue weighted by Gasteiger charge is -2.35. The summed E-state index contributed by atoms with van der Waals surface area (Å²) in [4.78, 5) is 14.4. The van der Waals surface area contributed by atoms with Crippen LogP contribution in [0.2, 0.25) is 0 Å². The van der Waals surface area contributed by atoms with E-state index in [9.17, 15) is 5.11 Å². The number of anilines is 2. The molecule has 0 atom stereocenters. The fourth-order valence-electron chi connectivity index (χ4n) is 4.54. The van der Waals surface area contributed by atoms with Gasteiger partial charge in [0.1, 0.15) is 11.6 Å². The smallest absolute Gasteiger partial charge is 0.147 e. The van der Waals surface area contributed by atoms with Crippen LogP contribution in [0.15, 0.2) is 60.8 Å². The summed E-state index contributed by atoms with van der Waals surface area (Å²) in [5.41, 5.74) is 13.7. The summed E-state index contributed by atoms with van der Waals surface area (Å²) >= 11 is 0. The summed E-state index contributed by atoms with van der Waals surface area (Å²) in [6.45, 7) is 8.55. The fourth-order valence-corrected chi connectivity index (χ4v) is 4.54. The second-order valence-electron chi connectivity index (χ2n) is 8.90.